The number of carbonyl (C=O) groups is 3. The first-order valence-corrected chi connectivity index (χ1v) is 9.25. The molecule has 0 unspecified atom stereocenters. The van der Waals surface area contributed by atoms with Gasteiger partial charge in [0.2, 0.25) is 0 Å². The van der Waals surface area contributed by atoms with Crippen LogP contribution in [0.1, 0.15) is 31.1 Å². The Balaban J connectivity index is 1.87. The maximum Gasteiger partial charge on any atom is 0.338 e. The van der Waals surface area contributed by atoms with Gasteiger partial charge in [0.05, 0.1) is 16.7 Å². The Morgan fingerprint density at radius 3 is 2.35 bits per heavy atom. The average molecular weight is 428 g/mol. The zero-order chi connectivity index (χ0) is 18.4. The van der Waals surface area contributed by atoms with Crippen molar-refractivity contribution in [2.75, 3.05) is 4.90 Å². The highest BCUT2D eigenvalue weighted by atomic mass is 79.9. The van der Waals surface area contributed by atoms with Crippen LogP contribution < -0.4 is 4.90 Å². The average Bonchev–Trinajstić information content (AvgIpc) is 3.19. The Hall–Kier alpha value is -2.77. The normalized spacial score (nSPS) is 13.2. The number of nitrogens with zero attached hydrogens (tertiary/aromatic N) is 1. The number of benzene rings is 2. The Kier molecular flexibility index (Phi) is 3.97. The topological polar surface area (TPSA) is 74.7 Å². The number of anilines is 1. The van der Waals surface area contributed by atoms with Gasteiger partial charge in [0.25, 0.3) is 11.8 Å². The van der Waals surface area contributed by atoms with Crippen molar-refractivity contribution in [2.24, 2.45) is 0 Å². The molecule has 0 saturated carbocycles. The monoisotopic (exact) mass is 427 g/mol. The van der Waals surface area contributed by atoms with E-state index < -0.39 is 17.8 Å². The maximum absolute atomic E-state index is 13.1. The van der Waals surface area contributed by atoms with Crippen molar-refractivity contribution < 1.29 is 19.5 Å². The summed E-state index contributed by atoms with van der Waals surface area (Å²) in [4.78, 5) is 38.2. The number of halogens is 1. The maximum atomic E-state index is 13.1. The van der Waals surface area contributed by atoms with Gasteiger partial charge in [0, 0.05) is 4.47 Å². The van der Waals surface area contributed by atoms with Gasteiger partial charge in [-0.15, -0.1) is 11.3 Å². The van der Waals surface area contributed by atoms with E-state index >= 15 is 0 Å². The summed E-state index contributed by atoms with van der Waals surface area (Å²) in [5.74, 6) is -2.19. The van der Waals surface area contributed by atoms with Crippen LogP contribution in [0.15, 0.2) is 58.4 Å². The predicted molar refractivity (Wildman–Crippen MR) is 102 cm³/mol. The minimum atomic E-state index is -1.18. The van der Waals surface area contributed by atoms with E-state index in [-0.39, 0.29) is 16.1 Å². The van der Waals surface area contributed by atoms with Gasteiger partial charge in [-0.25, -0.2) is 9.69 Å². The summed E-state index contributed by atoms with van der Waals surface area (Å²) in [6, 6.07) is 13.9. The molecule has 26 heavy (non-hydrogen) atoms. The molecule has 2 aromatic carbocycles. The lowest BCUT2D eigenvalue weighted by Gasteiger charge is -2.13. The number of hydrogen-bond acceptors (Lipinski definition) is 4. The van der Waals surface area contributed by atoms with Gasteiger partial charge in [-0.3, -0.25) is 9.59 Å². The van der Waals surface area contributed by atoms with E-state index in [1.54, 1.807) is 23.6 Å². The number of thiophene rings is 1. The summed E-state index contributed by atoms with van der Waals surface area (Å²) < 4.78 is 0.905. The second-order valence-corrected chi connectivity index (χ2v) is 7.44. The van der Waals surface area contributed by atoms with Crippen LogP contribution in [0, 0.1) is 0 Å². The molecule has 0 bridgehead atoms. The molecular weight excluding hydrogens is 418 g/mol. The molecule has 2 heterocycles. The Morgan fingerprint density at radius 1 is 0.962 bits per heavy atom. The lowest BCUT2D eigenvalue weighted by molar-refractivity contribution is 0.0698. The van der Waals surface area contributed by atoms with E-state index in [9.17, 15) is 19.5 Å². The lowest BCUT2D eigenvalue weighted by atomic mass is 9.97. The summed E-state index contributed by atoms with van der Waals surface area (Å²) in [5, 5.41) is 11.0. The predicted octanol–water partition coefficient (Wildman–Crippen LogP) is 4.68. The van der Waals surface area contributed by atoms with Crippen molar-refractivity contribution in [1.82, 2.24) is 0 Å². The molecule has 0 saturated heterocycles. The van der Waals surface area contributed by atoms with E-state index in [1.165, 1.54) is 6.07 Å². The molecule has 0 atom stereocenters. The smallest absolute Gasteiger partial charge is 0.338 e. The molecule has 3 aromatic rings. The third kappa shape index (κ3) is 2.48. The third-order valence-electron chi connectivity index (χ3n) is 4.15. The molecule has 4 rings (SSSR count). The fraction of sp³-hybridized carbons (Fsp3) is 0. The van der Waals surface area contributed by atoms with Gasteiger partial charge in [-0.05, 0) is 40.8 Å². The van der Waals surface area contributed by atoms with Crippen molar-refractivity contribution in [1.29, 1.82) is 0 Å². The summed E-state index contributed by atoms with van der Waals surface area (Å²) in [5.41, 5.74) is 1.96. The quantitative estimate of drug-likeness (QED) is 0.615. The number of rotatable bonds is 3. The van der Waals surface area contributed by atoms with Crippen molar-refractivity contribution >= 4 is 50.1 Å². The molecule has 1 aromatic heterocycles. The van der Waals surface area contributed by atoms with Crippen LogP contribution in [0.25, 0.3) is 11.1 Å². The van der Waals surface area contributed by atoms with Crippen molar-refractivity contribution in [3.8, 4) is 11.1 Å². The molecule has 0 fully saturated rings. The van der Waals surface area contributed by atoms with Crippen molar-refractivity contribution in [3.63, 3.8) is 0 Å². The molecule has 1 aliphatic rings. The largest absolute Gasteiger partial charge is 0.478 e. The van der Waals surface area contributed by atoms with E-state index in [1.807, 2.05) is 24.3 Å². The van der Waals surface area contributed by atoms with Crippen molar-refractivity contribution in [3.05, 3.63) is 75.1 Å². The molecule has 128 valence electrons. The van der Waals surface area contributed by atoms with Crippen LogP contribution >= 0.6 is 27.3 Å². The van der Waals surface area contributed by atoms with Crippen LogP contribution in [0.2, 0.25) is 0 Å². The number of carboxylic acid groups (broad SMARTS) is 1. The van der Waals surface area contributed by atoms with Gasteiger partial charge in [0.1, 0.15) is 5.00 Å². The SMILES string of the molecule is O=C(O)c1ccsc1N1C(=O)c2cccc(-c3ccc(Br)cc3)c2C1=O. The fourth-order valence-electron chi connectivity index (χ4n) is 2.98. The number of fused-ring (bicyclic) bond motifs is 1. The first-order chi connectivity index (χ1) is 12.5. The van der Waals surface area contributed by atoms with Crippen molar-refractivity contribution in [2.45, 2.75) is 0 Å². The Labute approximate surface area is 160 Å². The molecule has 1 N–H and O–H groups in total. The van der Waals surface area contributed by atoms with Crippen LogP contribution in [0.4, 0.5) is 5.00 Å². The summed E-state index contributed by atoms with van der Waals surface area (Å²) in [6.45, 7) is 0. The summed E-state index contributed by atoms with van der Waals surface area (Å²) in [6.07, 6.45) is 0. The third-order valence-corrected chi connectivity index (χ3v) is 5.58. The highest BCUT2D eigenvalue weighted by Crippen LogP contribution is 2.38. The number of amides is 2. The van der Waals surface area contributed by atoms with Crippen LogP contribution in [0.3, 0.4) is 0 Å². The fourth-order valence-corrected chi connectivity index (χ4v) is 4.13. The van der Waals surface area contributed by atoms with Crippen LogP contribution in [-0.2, 0) is 0 Å². The first-order valence-electron chi connectivity index (χ1n) is 7.57. The first kappa shape index (κ1) is 16.7. The number of carboxylic acids is 1. The van der Waals surface area contributed by atoms with Crippen LogP contribution in [-0.4, -0.2) is 22.9 Å². The molecular formula is C19H10BrNO4S. The van der Waals surface area contributed by atoms with Gasteiger partial charge in [-0.2, -0.15) is 0 Å². The zero-order valence-electron chi connectivity index (χ0n) is 13.1. The minimum absolute atomic E-state index is 0.0605. The van der Waals surface area contributed by atoms with Gasteiger partial charge in [0.15, 0.2) is 0 Å². The lowest BCUT2D eigenvalue weighted by Crippen LogP contribution is -2.30. The Bertz CT molecular complexity index is 1070. The van der Waals surface area contributed by atoms with Gasteiger partial charge in [-0.1, -0.05) is 40.2 Å². The second-order valence-electron chi connectivity index (χ2n) is 5.63. The Morgan fingerprint density at radius 2 is 1.65 bits per heavy atom. The standard InChI is InChI=1S/C19H10BrNO4S/c20-11-6-4-10(5-7-11)12-2-1-3-13-15(12)17(23)21(16(13)22)18-14(19(24)25)8-9-26-18/h1-9H,(H,24,25). The molecule has 7 heteroatoms. The number of carbonyl (C=O) groups excluding carboxylic acids is 2. The number of aromatic carboxylic acids is 1. The molecule has 2 amide bonds. The number of imide groups is 1. The summed E-state index contributed by atoms with van der Waals surface area (Å²) in [7, 11) is 0. The summed E-state index contributed by atoms with van der Waals surface area (Å²) >= 11 is 4.43. The van der Waals surface area contributed by atoms with E-state index in [4.69, 9.17) is 0 Å². The highest BCUT2D eigenvalue weighted by molar-refractivity contribution is 9.10. The minimum Gasteiger partial charge on any atom is -0.478 e. The molecule has 1 aliphatic heterocycles. The molecule has 5 nitrogen and oxygen atoms in total. The van der Waals surface area contributed by atoms with E-state index in [2.05, 4.69) is 15.9 Å². The van der Waals surface area contributed by atoms with Gasteiger partial charge >= 0.3 is 5.97 Å². The van der Waals surface area contributed by atoms with E-state index in [0.29, 0.717) is 11.1 Å². The molecule has 0 radical (unpaired) electrons. The molecule has 0 aliphatic carbocycles. The van der Waals surface area contributed by atoms with Crippen LogP contribution in [0.5, 0.6) is 0 Å². The zero-order valence-corrected chi connectivity index (χ0v) is 15.5. The molecule has 0 spiro atoms. The van der Waals surface area contributed by atoms with Gasteiger partial charge < -0.3 is 5.11 Å². The van der Waals surface area contributed by atoms with E-state index in [0.717, 1.165) is 26.3 Å². The number of hydrogen-bond donors (Lipinski definition) is 1. The highest BCUT2D eigenvalue weighted by Gasteiger charge is 2.40. The second kappa shape index (κ2) is 6.19.